The molecule has 0 aromatic carbocycles. The van der Waals surface area contributed by atoms with Crippen LogP contribution < -0.4 is 119 Å². The SMILES string of the molecule is CCN(CC)CC.COC(=O)CCl.COC(=O)CN(CC1CC1)C(=O)c1cnn(C)c1.COC(=O)CNCC1CC1.Cn1cc(-c2ncc(C(=O)C(F)(F)F)n2CC2CC2)cn1.Cn1cc(-c2ncc(C(=O)O)n2CC2CC2)cn1.Cn1cc(C(=O)Cl)cn1.Cn1cc(C(=O)N(CC(=O)O)CC2CC2)cn1.NCC1CC1.O=CO[O-].[H-].[K+].[K+]. The molecule has 6 saturated carbocycles. The zero-order valence-corrected chi connectivity index (χ0v) is 76.5. The molecule has 0 bridgehead atoms. The van der Waals surface area contributed by atoms with E-state index in [1.807, 2.05) is 13.2 Å². The zero-order valence-electron chi connectivity index (χ0n) is 69.7. The predicted octanol–water partition coefficient (Wildman–Crippen LogP) is 0.247. The number of carbonyl (C=O) groups excluding carboxylic acids is 8. The number of imidazole rings is 2. The van der Waals surface area contributed by atoms with E-state index in [1.54, 1.807) is 78.0 Å². The Bertz CT molecular complexity index is 4170. The molecule has 0 radical (unpaired) electrons. The average Bonchev–Trinajstić information content (AvgIpc) is 1.64. The van der Waals surface area contributed by atoms with Gasteiger partial charge >= 0.3 is 139 Å². The number of hydrogen-bond donors (Lipinski definition) is 4. The fourth-order valence-corrected chi connectivity index (χ4v) is 10.3. The molecule has 2 amide bonds. The number of hydrogen-bond acceptors (Lipinski definition) is 25. The van der Waals surface area contributed by atoms with Crippen molar-refractivity contribution >= 4 is 82.4 Å². The number of ketones is 1. The molecule has 7 aromatic rings. The minimum atomic E-state index is -4.90. The molecule has 117 heavy (non-hydrogen) atoms. The van der Waals surface area contributed by atoms with E-state index in [0.29, 0.717) is 83.8 Å². The fourth-order valence-electron chi connectivity index (χ4n) is 10.1. The number of nitrogens with two attached hydrogens (primary N) is 1. The number of halogens is 5. The summed E-state index contributed by atoms with van der Waals surface area (Å²) < 4.78 is 62.2. The summed E-state index contributed by atoms with van der Waals surface area (Å²) in [6.07, 6.45) is 27.6. The van der Waals surface area contributed by atoms with Crippen molar-refractivity contribution < 1.29 is 200 Å². The van der Waals surface area contributed by atoms with E-state index in [2.05, 4.69) is 85.5 Å². The van der Waals surface area contributed by atoms with Crippen molar-refractivity contribution in [1.82, 2.24) is 88.0 Å². The molecule has 0 atom stereocenters. The fraction of sp³-hybridized carbons (Fsp3) is 0.581. The maximum Gasteiger partial charge on any atom is 1.00 e. The summed E-state index contributed by atoms with van der Waals surface area (Å²) in [6, 6.07) is 0. The molecule has 0 aliphatic heterocycles. The van der Waals surface area contributed by atoms with Crippen molar-refractivity contribution in [2.45, 2.75) is 117 Å². The van der Waals surface area contributed by atoms with Crippen LogP contribution in [0.3, 0.4) is 0 Å². The number of nitrogens with zero attached hydrogens (tertiary/aromatic N) is 17. The normalized spacial score (nSPS) is 13.8. The first-order chi connectivity index (χ1) is 54.7. The largest absolute Gasteiger partial charge is 1.00 e. The molecule has 6 aliphatic rings. The molecule has 7 aromatic heterocycles. The molecule has 7 heterocycles. The zero-order chi connectivity index (χ0) is 85.5. The summed E-state index contributed by atoms with van der Waals surface area (Å²) in [4.78, 5) is 125. The summed E-state index contributed by atoms with van der Waals surface area (Å²) in [5, 5.41) is 48.7. The third kappa shape index (κ3) is 42.7. The van der Waals surface area contributed by atoms with Crippen molar-refractivity contribution in [2.75, 3.05) is 92.7 Å². The molecule has 5 N–H and O–H groups in total. The number of esters is 3. The van der Waals surface area contributed by atoms with Gasteiger partial charge in [0, 0.05) is 92.4 Å². The van der Waals surface area contributed by atoms with E-state index in [4.69, 9.17) is 44.1 Å². The number of aromatic nitrogens is 14. The predicted molar refractivity (Wildman–Crippen MR) is 412 cm³/mol. The molecule has 0 saturated heterocycles. The van der Waals surface area contributed by atoms with Gasteiger partial charge in [-0.2, -0.15) is 38.7 Å². The van der Waals surface area contributed by atoms with E-state index in [1.165, 1.54) is 134 Å². The van der Waals surface area contributed by atoms with Gasteiger partial charge in [-0.05, 0) is 157 Å². The van der Waals surface area contributed by atoms with Crippen molar-refractivity contribution in [3.05, 3.63) is 102 Å². The standard InChI is InChI=1S/C13H13F3N4O.C12H14N4O2.C12H17N3O3.C11H15N3O3.C7H13NO2.C6H15N.C5H5ClN2O.C4H9N.C3H5ClO2.CH2O3.2K.H/c1-19-7-9(4-18-19)12-17-5-10(11(21)13(14,15)16)20(12)6-8-2-3-8;1-15-7-9(4-14-15)11-13-5-10(12(17)18)16(11)6-8-2-3-8;1-14-7-10(5-13-14)12(17)15(6-9-3-4-9)8-11(16)18-2;1-13-6-9(4-12-13)11(17)14(7-10(15)16)5-8-2-3-8;1-10-7(9)5-8-4-6-2-3-6;1-4-7(5-2)6-3;1-8-3-4(2-7-8)5(6)9;5-3-4-1-2-4;1-6-3(5)2-4;2-1-4-3;;;/h4-5,7-8H,2-3,6H2,1H3;4-5,7-8H,2-3,6H2,1H3,(H,17,18);5,7,9H,3-4,6,8H2,1-2H3;4,6,8H,2-3,5,7H2,1H3,(H,15,16);6,8H,2-5H2,1H3;4-6H2,1-3H3;2-3H,1H3;4H,1-3,5H2;2H2,1H3;1,3H;;;/q;;;;;;;;;;2*+1;-1/p-1. The van der Waals surface area contributed by atoms with Gasteiger partial charge in [0.25, 0.3) is 29.3 Å². The first kappa shape index (κ1) is 106. The topological polar surface area (TPSA) is 444 Å². The summed E-state index contributed by atoms with van der Waals surface area (Å²) >= 11 is 10.1. The van der Waals surface area contributed by atoms with Crippen LogP contribution in [0.15, 0.2) is 74.4 Å². The summed E-state index contributed by atoms with van der Waals surface area (Å²) in [5.41, 5.74) is 7.90. The number of alkyl halides is 4. The van der Waals surface area contributed by atoms with E-state index >= 15 is 0 Å². The Kier molecular flexibility index (Phi) is 50.6. The van der Waals surface area contributed by atoms with Crippen LogP contribution in [0.4, 0.5) is 13.2 Å². The third-order valence-electron chi connectivity index (χ3n) is 17.6. The van der Waals surface area contributed by atoms with Gasteiger partial charge in [-0.15, -0.1) is 11.6 Å². The molecule has 36 nitrogen and oxygen atoms in total. The first-order valence-corrected chi connectivity index (χ1v) is 38.1. The summed E-state index contributed by atoms with van der Waals surface area (Å²) in [5.74, 6) is -0.553. The first-order valence-electron chi connectivity index (χ1n) is 37.2. The number of aromatic carboxylic acids is 1. The Morgan fingerprint density at radius 1 is 0.564 bits per heavy atom. The molecule has 6 fully saturated rings. The second kappa shape index (κ2) is 55.8. The molecule has 638 valence electrons. The summed E-state index contributed by atoms with van der Waals surface area (Å²) in [6.45, 7) is 14.2. The number of carbonyl (C=O) groups is 10. The van der Waals surface area contributed by atoms with Crippen LogP contribution in [0.2, 0.25) is 0 Å². The Morgan fingerprint density at radius 2 is 0.932 bits per heavy atom. The maximum atomic E-state index is 12.7. The Morgan fingerprint density at radius 3 is 1.20 bits per heavy atom. The van der Waals surface area contributed by atoms with Gasteiger partial charge in [0.15, 0.2) is 0 Å². The van der Waals surface area contributed by atoms with E-state index in [-0.39, 0.29) is 153 Å². The quantitative estimate of drug-likeness (QED) is 0.00562. The Labute approximate surface area is 773 Å². The van der Waals surface area contributed by atoms with Crippen LogP contribution in [-0.4, -0.2) is 251 Å². The second-order valence-electron chi connectivity index (χ2n) is 27.5. The molecule has 0 unspecified atom stereocenters. The number of Topliss-reactive ketones (excluding diaryl/α,β-unsaturated/α-hetero) is 1. The van der Waals surface area contributed by atoms with Gasteiger partial charge in [-0.3, -0.25) is 66.6 Å². The number of rotatable bonds is 29. The average molecular weight is 1740 g/mol. The van der Waals surface area contributed by atoms with Crippen molar-refractivity contribution in [2.24, 2.45) is 76.5 Å². The van der Waals surface area contributed by atoms with Crippen LogP contribution in [0.1, 0.15) is 151 Å². The molecule has 6 aliphatic carbocycles. The van der Waals surface area contributed by atoms with E-state index in [9.17, 15) is 61.4 Å². The van der Waals surface area contributed by atoms with Gasteiger partial charge in [0.1, 0.15) is 42.0 Å². The van der Waals surface area contributed by atoms with Crippen LogP contribution in [0, 0.1) is 35.5 Å². The number of ether oxygens (including phenoxy) is 3. The van der Waals surface area contributed by atoms with Gasteiger partial charge in [0.05, 0.1) is 99.1 Å². The van der Waals surface area contributed by atoms with Crippen LogP contribution >= 0.6 is 23.2 Å². The van der Waals surface area contributed by atoms with Crippen LogP contribution in [-0.2, 0) is 91.4 Å². The monoisotopic (exact) mass is 1740 g/mol. The van der Waals surface area contributed by atoms with E-state index in [0.717, 1.165) is 81.8 Å². The second-order valence-corrected chi connectivity index (χ2v) is 28.2. The minimum absolute atomic E-state index is 0. The molecular weight excluding hydrogens is 1630 g/mol. The Hall–Kier alpha value is -6.95. The van der Waals surface area contributed by atoms with Crippen molar-refractivity contribution in [3.8, 4) is 22.8 Å². The number of carboxylic acids is 2. The van der Waals surface area contributed by atoms with Gasteiger partial charge in [-0.1, -0.05) is 20.8 Å². The molecule has 13 rings (SSSR count). The number of nitrogens with one attached hydrogen (secondary N) is 1. The van der Waals surface area contributed by atoms with Crippen LogP contribution in [0.25, 0.3) is 22.8 Å². The third-order valence-corrected chi connectivity index (χ3v) is 18.1. The number of methoxy groups -OCH3 is 3. The van der Waals surface area contributed by atoms with Gasteiger partial charge in [-0.25, -0.2) is 14.8 Å². The minimum Gasteiger partial charge on any atom is -1.00 e. The molecule has 43 heteroatoms. The molecule has 0 spiro atoms. The number of amides is 2. The number of aryl methyl sites for hydroxylation is 5. The number of carboxylic acid groups (broad SMARTS) is 2. The smallest absolute Gasteiger partial charge is 1.00 e. The van der Waals surface area contributed by atoms with Crippen LogP contribution in [0.5, 0.6) is 0 Å². The van der Waals surface area contributed by atoms with Crippen molar-refractivity contribution in [3.63, 3.8) is 0 Å². The number of aliphatic carboxylic acids is 1. The van der Waals surface area contributed by atoms with E-state index < -0.39 is 46.8 Å². The summed E-state index contributed by atoms with van der Waals surface area (Å²) in [7, 11) is 12.8. The van der Waals surface area contributed by atoms with Gasteiger partial charge in [0.2, 0.25) is 0 Å². The Balaban J connectivity index is 0.000000678. The maximum absolute atomic E-state index is 12.7. The van der Waals surface area contributed by atoms with Gasteiger partial charge < -0.3 is 70.9 Å². The van der Waals surface area contributed by atoms with Crippen molar-refractivity contribution in [1.29, 1.82) is 0 Å². The molecular formula is C74H108Cl2F3K2N19O17.